The first kappa shape index (κ1) is 28.3. The molecule has 3 amide bonds. The highest BCUT2D eigenvalue weighted by atomic mass is 16.4. The summed E-state index contributed by atoms with van der Waals surface area (Å²) in [5.74, 6) is -5.10. The van der Waals surface area contributed by atoms with E-state index in [-0.39, 0.29) is 25.2 Å². The van der Waals surface area contributed by atoms with Crippen LogP contribution in [0, 0.1) is 11.8 Å². The van der Waals surface area contributed by atoms with Crippen LogP contribution in [0.5, 0.6) is 0 Å². The SMILES string of the molecule is CCC(O)C(=O)N[C@@H](CC(C)C)C(=O)N[C@H](C(=O)N[C@@H](CCC(=O)O)C(=O)O)C(C)C. The molecule has 0 aromatic heterocycles. The molecule has 0 fully saturated rings. The normalized spacial score (nSPS) is 15.0. The number of nitrogens with one attached hydrogen (secondary N) is 3. The predicted molar refractivity (Wildman–Crippen MR) is 111 cm³/mol. The maximum atomic E-state index is 12.8. The second-order valence-electron chi connectivity index (χ2n) is 8.18. The van der Waals surface area contributed by atoms with E-state index in [0.29, 0.717) is 0 Å². The smallest absolute Gasteiger partial charge is 0.326 e. The second kappa shape index (κ2) is 13.6. The minimum absolute atomic E-state index is 0.0218. The van der Waals surface area contributed by atoms with Gasteiger partial charge in [-0.05, 0) is 31.1 Å². The summed E-state index contributed by atoms with van der Waals surface area (Å²) in [6.07, 6.45) is -1.59. The van der Waals surface area contributed by atoms with Gasteiger partial charge in [0.1, 0.15) is 24.2 Å². The van der Waals surface area contributed by atoms with Crippen LogP contribution in [-0.4, -0.2) is 69.2 Å². The number of carboxylic acid groups (broad SMARTS) is 2. The maximum Gasteiger partial charge on any atom is 0.326 e. The van der Waals surface area contributed by atoms with Crippen molar-refractivity contribution in [1.82, 2.24) is 16.0 Å². The van der Waals surface area contributed by atoms with Gasteiger partial charge in [0.25, 0.3) is 0 Å². The molecule has 1 unspecified atom stereocenters. The van der Waals surface area contributed by atoms with Crippen LogP contribution in [0.1, 0.15) is 60.3 Å². The highest BCUT2D eigenvalue weighted by molar-refractivity contribution is 5.94. The molecule has 0 aliphatic rings. The molecule has 178 valence electrons. The van der Waals surface area contributed by atoms with E-state index in [1.165, 1.54) is 0 Å². The van der Waals surface area contributed by atoms with Crippen LogP contribution < -0.4 is 16.0 Å². The largest absolute Gasteiger partial charge is 0.481 e. The van der Waals surface area contributed by atoms with E-state index < -0.39 is 66.2 Å². The third-order valence-electron chi connectivity index (χ3n) is 4.54. The molecule has 0 aromatic carbocycles. The minimum atomic E-state index is -1.42. The molecule has 11 heteroatoms. The van der Waals surface area contributed by atoms with Gasteiger partial charge >= 0.3 is 11.9 Å². The van der Waals surface area contributed by atoms with Crippen molar-refractivity contribution in [2.24, 2.45) is 11.8 Å². The Morgan fingerprint density at radius 1 is 0.806 bits per heavy atom. The summed E-state index contributed by atoms with van der Waals surface area (Å²) in [5.41, 5.74) is 0. The lowest BCUT2D eigenvalue weighted by Gasteiger charge is -2.27. The Hall–Kier alpha value is -2.69. The zero-order valence-corrected chi connectivity index (χ0v) is 18.7. The number of hydrogen-bond donors (Lipinski definition) is 6. The molecule has 6 N–H and O–H groups in total. The molecule has 0 saturated heterocycles. The summed E-state index contributed by atoms with van der Waals surface area (Å²) in [4.78, 5) is 59.5. The lowest BCUT2D eigenvalue weighted by Crippen LogP contribution is -2.58. The summed E-state index contributed by atoms with van der Waals surface area (Å²) in [6.45, 7) is 8.59. The molecule has 4 atom stereocenters. The van der Waals surface area contributed by atoms with Crippen molar-refractivity contribution < 1.29 is 39.3 Å². The standard InChI is InChI=1S/C20H35N3O8/c1-6-14(24)18(28)22-13(9-10(2)3)17(27)23-16(11(4)5)19(29)21-12(20(30)31)7-8-15(25)26/h10-14,16,24H,6-9H2,1-5H3,(H,21,29)(H,22,28)(H,23,27)(H,25,26)(H,30,31)/t12-,13-,14?,16-/m0/s1. The van der Waals surface area contributed by atoms with E-state index >= 15 is 0 Å². The molecule has 0 saturated carbocycles. The fourth-order valence-corrected chi connectivity index (χ4v) is 2.73. The van der Waals surface area contributed by atoms with Crippen molar-refractivity contribution in [3.63, 3.8) is 0 Å². The van der Waals surface area contributed by atoms with Crippen LogP contribution in [0.25, 0.3) is 0 Å². The third-order valence-corrected chi connectivity index (χ3v) is 4.54. The first-order valence-corrected chi connectivity index (χ1v) is 10.3. The van der Waals surface area contributed by atoms with Gasteiger partial charge in [-0.3, -0.25) is 19.2 Å². The Balaban J connectivity index is 5.37. The Kier molecular flexibility index (Phi) is 12.4. The molecule has 0 spiro atoms. The number of amides is 3. The van der Waals surface area contributed by atoms with Crippen molar-refractivity contribution >= 4 is 29.7 Å². The molecule has 0 heterocycles. The van der Waals surface area contributed by atoms with Crippen molar-refractivity contribution in [2.75, 3.05) is 0 Å². The van der Waals surface area contributed by atoms with E-state index in [1.807, 2.05) is 13.8 Å². The molecule has 0 bridgehead atoms. The minimum Gasteiger partial charge on any atom is -0.481 e. The first-order valence-electron chi connectivity index (χ1n) is 10.3. The molecule has 0 aromatic rings. The predicted octanol–water partition coefficient (Wildman–Crippen LogP) is -0.137. The number of carboxylic acids is 2. The van der Waals surface area contributed by atoms with E-state index in [1.54, 1.807) is 20.8 Å². The van der Waals surface area contributed by atoms with E-state index in [2.05, 4.69) is 16.0 Å². The Morgan fingerprint density at radius 3 is 1.77 bits per heavy atom. The third kappa shape index (κ3) is 10.8. The number of carbonyl (C=O) groups excluding carboxylic acids is 3. The highest BCUT2D eigenvalue weighted by Crippen LogP contribution is 2.09. The monoisotopic (exact) mass is 445 g/mol. The van der Waals surface area contributed by atoms with Gasteiger partial charge in [0, 0.05) is 6.42 Å². The van der Waals surface area contributed by atoms with Crippen LogP contribution in [0.2, 0.25) is 0 Å². The highest BCUT2D eigenvalue weighted by Gasteiger charge is 2.32. The fraction of sp³-hybridized carbons (Fsp3) is 0.750. The lowest BCUT2D eigenvalue weighted by atomic mass is 9.99. The van der Waals surface area contributed by atoms with Crippen molar-refractivity contribution in [2.45, 2.75) is 84.5 Å². The Labute approximate surface area is 182 Å². The van der Waals surface area contributed by atoms with E-state index in [9.17, 15) is 34.2 Å². The quantitative estimate of drug-likeness (QED) is 0.213. The number of carbonyl (C=O) groups is 5. The molecule has 0 aliphatic heterocycles. The zero-order chi connectivity index (χ0) is 24.3. The molecule has 0 radical (unpaired) electrons. The van der Waals surface area contributed by atoms with Gasteiger partial charge < -0.3 is 31.3 Å². The van der Waals surface area contributed by atoms with Crippen LogP contribution in [-0.2, 0) is 24.0 Å². The Morgan fingerprint density at radius 2 is 1.35 bits per heavy atom. The number of rotatable bonds is 14. The lowest BCUT2D eigenvalue weighted by molar-refractivity contribution is -0.143. The van der Waals surface area contributed by atoms with Gasteiger partial charge in [-0.25, -0.2) is 4.79 Å². The molecule has 31 heavy (non-hydrogen) atoms. The number of aliphatic carboxylic acids is 2. The number of hydrogen-bond acceptors (Lipinski definition) is 6. The average Bonchev–Trinajstić information content (AvgIpc) is 2.66. The van der Waals surface area contributed by atoms with Crippen molar-refractivity contribution in [3.8, 4) is 0 Å². The van der Waals surface area contributed by atoms with Gasteiger partial charge in [-0.1, -0.05) is 34.6 Å². The first-order chi connectivity index (χ1) is 14.3. The molecular formula is C20H35N3O8. The second-order valence-corrected chi connectivity index (χ2v) is 8.18. The topological polar surface area (TPSA) is 182 Å². The fourth-order valence-electron chi connectivity index (χ4n) is 2.73. The summed E-state index contributed by atoms with van der Waals surface area (Å²) < 4.78 is 0. The summed E-state index contributed by atoms with van der Waals surface area (Å²) in [6, 6.07) is -3.53. The Bertz CT molecular complexity index is 650. The van der Waals surface area contributed by atoms with Crippen LogP contribution in [0.4, 0.5) is 0 Å². The van der Waals surface area contributed by atoms with Gasteiger partial charge in [-0.15, -0.1) is 0 Å². The van der Waals surface area contributed by atoms with Crippen LogP contribution in [0.15, 0.2) is 0 Å². The average molecular weight is 446 g/mol. The van der Waals surface area contributed by atoms with Crippen LogP contribution >= 0.6 is 0 Å². The van der Waals surface area contributed by atoms with Gasteiger partial charge in [0.15, 0.2) is 0 Å². The molecular weight excluding hydrogens is 410 g/mol. The molecule has 0 aliphatic carbocycles. The summed E-state index contributed by atoms with van der Waals surface area (Å²) in [7, 11) is 0. The van der Waals surface area contributed by atoms with Gasteiger partial charge in [0.2, 0.25) is 17.7 Å². The maximum absolute atomic E-state index is 12.8. The molecule has 0 rings (SSSR count). The van der Waals surface area contributed by atoms with Crippen molar-refractivity contribution in [1.29, 1.82) is 0 Å². The summed E-state index contributed by atoms with van der Waals surface area (Å²) >= 11 is 0. The van der Waals surface area contributed by atoms with E-state index in [0.717, 1.165) is 0 Å². The zero-order valence-electron chi connectivity index (χ0n) is 18.7. The molecule has 11 nitrogen and oxygen atoms in total. The van der Waals surface area contributed by atoms with E-state index in [4.69, 9.17) is 5.11 Å². The van der Waals surface area contributed by atoms with Crippen molar-refractivity contribution in [3.05, 3.63) is 0 Å². The number of aliphatic hydroxyl groups is 1. The number of aliphatic hydroxyl groups excluding tert-OH is 1. The van der Waals surface area contributed by atoms with Gasteiger partial charge in [-0.2, -0.15) is 0 Å². The van der Waals surface area contributed by atoms with Crippen LogP contribution in [0.3, 0.4) is 0 Å². The van der Waals surface area contributed by atoms with Gasteiger partial charge in [0.05, 0.1) is 0 Å². The summed E-state index contributed by atoms with van der Waals surface area (Å²) in [5, 5.41) is 34.9.